The Balaban J connectivity index is 1.96. The number of aryl methyl sites for hydroxylation is 2. The van der Waals surface area contributed by atoms with Crippen LogP contribution < -0.4 is 10.6 Å². The van der Waals surface area contributed by atoms with Crippen molar-refractivity contribution in [1.29, 1.82) is 0 Å². The number of hydrogen-bond acceptors (Lipinski definition) is 3. The van der Waals surface area contributed by atoms with E-state index in [1.54, 1.807) is 6.33 Å². The molecule has 0 fully saturated rings. The fourth-order valence-electron chi connectivity index (χ4n) is 2.39. The number of nitrogens with zero attached hydrogens (tertiary/aromatic N) is 4. The average Bonchev–Trinajstić information content (AvgIpc) is 3.05. The van der Waals surface area contributed by atoms with E-state index in [0.29, 0.717) is 13.1 Å². The Bertz CT molecular complexity index is 716. The smallest absolute Gasteiger partial charge is 0.191 e. The van der Waals surface area contributed by atoms with Crippen LogP contribution in [0.5, 0.6) is 0 Å². The number of benzene rings is 1. The number of rotatable bonds is 8. The van der Waals surface area contributed by atoms with Crippen LogP contribution in [0.15, 0.2) is 47.7 Å². The lowest BCUT2D eigenvalue weighted by Gasteiger charge is -2.14. The molecule has 0 saturated heterocycles. The molecule has 2 rings (SSSR count). The highest BCUT2D eigenvalue weighted by atomic mass is 15.3. The van der Waals surface area contributed by atoms with Crippen LogP contribution in [0.3, 0.4) is 0 Å². The normalized spacial score (nSPS) is 11.4. The third kappa shape index (κ3) is 6.06. The van der Waals surface area contributed by atoms with Crippen LogP contribution in [-0.2, 0) is 19.5 Å². The van der Waals surface area contributed by atoms with Crippen molar-refractivity contribution < 1.29 is 0 Å². The number of guanidine groups is 1. The Hall–Kier alpha value is -2.63. The van der Waals surface area contributed by atoms with Gasteiger partial charge in [-0.1, -0.05) is 43.3 Å². The van der Waals surface area contributed by atoms with Crippen LogP contribution in [0, 0.1) is 6.92 Å². The molecular formula is C19H28N6. The first-order valence-corrected chi connectivity index (χ1v) is 8.68. The van der Waals surface area contributed by atoms with Gasteiger partial charge in [0.2, 0.25) is 0 Å². The number of hydrogen-bond donors (Lipinski definition) is 2. The zero-order valence-electron chi connectivity index (χ0n) is 15.4. The minimum Gasteiger partial charge on any atom is -0.355 e. The summed E-state index contributed by atoms with van der Waals surface area (Å²) in [5.74, 6) is 1.78. The summed E-state index contributed by atoms with van der Waals surface area (Å²) in [6, 6.07) is 8.31. The van der Waals surface area contributed by atoms with Crippen LogP contribution >= 0.6 is 0 Å². The zero-order valence-corrected chi connectivity index (χ0v) is 15.4. The second-order valence-corrected chi connectivity index (χ2v) is 6.12. The van der Waals surface area contributed by atoms with E-state index in [1.807, 2.05) is 19.1 Å². The van der Waals surface area contributed by atoms with Gasteiger partial charge in [-0.3, -0.25) is 0 Å². The molecule has 0 aliphatic rings. The van der Waals surface area contributed by atoms with E-state index in [1.165, 1.54) is 11.1 Å². The van der Waals surface area contributed by atoms with Gasteiger partial charge in [0, 0.05) is 26.1 Å². The Labute approximate surface area is 150 Å². The van der Waals surface area contributed by atoms with Crippen molar-refractivity contribution in [3.8, 4) is 0 Å². The quantitative estimate of drug-likeness (QED) is 0.440. The number of aliphatic imine (C=N–C) groups is 1. The van der Waals surface area contributed by atoms with Crippen molar-refractivity contribution in [2.75, 3.05) is 13.1 Å². The van der Waals surface area contributed by atoms with Crippen LogP contribution in [0.1, 0.15) is 30.8 Å². The van der Waals surface area contributed by atoms with Crippen molar-refractivity contribution in [3.63, 3.8) is 0 Å². The van der Waals surface area contributed by atoms with Gasteiger partial charge >= 0.3 is 0 Å². The van der Waals surface area contributed by atoms with Gasteiger partial charge in [-0.25, -0.2) is 4.99 Å². The third-order valence-corrected chi connectivity index (χ3v) is 3.88. The minimum atomic E-state index is 0.644. The van der Waals surface area contributed by atoms with Crippen molar-refractivity contribution in [3.05, 3.63) is 59.7 Å². The molecule has 0 spiro atoms. The molecule has 0 atom stereocenters. The molecule has 0 bridgehead atoms. The first-order chi connectivity index (χ1) is 12.1. The summed E-state index contributed by atoms with van der Waals surface area (Å²) < 4.78 is 2.06. The van der Waals surface area contributed by atoms with Crippen molar-refractivity contribution >= 4 is 5.96 Å². The van der Waals surface area contributed by atoms with Crippen molar-refractivity contribution in [2.24, 2.45) is 4.99 Å². The van der Waals surface area contributed by atoms with Gasteiger partial charge in [0.05, 0.1) is 6.54 Å². The van der Waals surface area contributed by atoms with Crippen LogP contribution in [-0.4, -0.2) is 33.8 Å². The molecule has 0 saturated carbocycles. The highest BCUT2D eigenvalue weighted by molar-refractivity contribution is 5.80. The summed E-state index contributed by atoms with van der Waals surface area (Å²) in [5, 5.41) is 14.8. The van der Waals surface area contributed by atoms with E-state index in [-0.39, 0.29) is 0 Å². The minimum absolute atomic E-state index is 0.644. The van der Waals surface area contributed by atoms with E-state index in [0.717, 1.165) is 36.9 Å². The predicted molar refractivity (Wildman–Crippen MR) is 103 cm³/mol. The third-order valence-electron chi connectivity index (χ3n) is 3.88. The second kappa shape index (κ2) is 9.61. The molecule has 0 amide bonds. The highest BCUT2D eigenvalue weighted by Crippen LogP contribution is 2.07. The predicted octanol–water partition coefficient (Wildman–Crippen LogP) is 2.46. The lowest BCUT2D eigenvalue weighted by Crippen LogP contribution is -2.39. The molecule has 6 heteroatoms. The number of nitrogens with one attached hydrogen (secondary N) is 2. The monoisotopic (exact) mass is 340 g/mol. The summed E-state index contributed by atoms with van der Waals surface area (Å²) in [6.07, 6.45) is 2.65. The summed E-state index contributed by atoms with van der Waals surface area (Å²) in [6.45, 7) is 13.0. The molecule has 0 aliphatic heterocycles. The maximum absolute atomic E-state index is 4.70. The summed E-state index contributed by atoms with van der Waals surface area (Å²) in [4.78, 5) is 4.70. The Kier molecular flexibility index (Phi) is 7.19. The van der Waals surface area contributed by atoms with E-state index in [2.05, 4.69) is 58.0 Å². The van der Waals surface area contributed by atoms with E-state index >= 15 is 0 Å². The first-order valence-electron chi connectivity index (χ1n) is 8.68. The lowest BCUT2D eigenvalue weighted by molar-refractivity contribution is 0.633. The van der Waals surface area contributed by atoms with Gasteiger partial charge in [0.15, 0.2) is 5.96 Å². The average molecular weight is 340 g/mol. The zero-order chi connectivity index (χ0) is 18.1. The second-order valence-electron chi connectivity index (χ2n) is 6.12. The highest BCUT2D eigenvalue weighted by Gasteiger charge is 2.03. The molecule has 134 valence electrons. The van der Waals surface area contributed by atoms with Crippen LogP contribution in [0.4, 0.5) is 0 Å². The Morgan fingerprint density at radius 1 is 1.28 bits per heavy atom. The maximum atomic E-state index is 4.70. The molecule has 1 aromatic heterocycles. The largest absolute Gasteiger partial charge is 0.355 e. The fourth-order valence-corrected chi connectivity index (χ4v) is 2.39. The van der Waals surface area contributed by atoms with Gasteiger partial charge in [-0.15, -0.1) is 10.2 Å². The van der Waals surface area contributed by atoms with Gasteiger partial charge in [-0.2, -0.15) is 0 Å². The molecule has 1 heterocycles. The van der Waals surface area contributed by atoms with E-state index < -0.39 is 0 Å². The molecular weight excluding hydrogens is 312 g/mol. The Morgan fingerprint density at radius 3 is 2.80 bits per heavy atom. The topological polar surface area (TPSA) is 67.1 Å². The van der Waals surface area contributed by atoms with Crippen molar-refractivity contribution in [1.82, 2.24) is 25.4 Å². The fraction of sp³-hybridized carbons (Fsp3) is 0.421. The van der Waals surface area contributed by atoms with E-state index in [4.69, 9.17) is 4.99 Å². The van der Waals surface area contributed by atoms with Gasteiger partial charge in [-0.05, 0) is 25.0 Å². The maximum Gasteiger partial charge on any atom is 0.191 e. The summed E-state index contributed by atoms with van der Waals surface area (Å²) in [7, 11) is 0. The summed E-state index contributed by atoms with van der Waals surface area (Å²) in [5.41, 5.74) is 3.55. The lowest BCUT2D eigenvalue weighted by atomic mass is 10.1. The molecule has 0 unspecified atom stereocenters. The number of aromatic nitrogens is 3. The molecule has 0 aliphatic carbocycles. The molecule has 25 heavy (non-hydrogen) atoms. The van der Waals surface area contributed by atoms with E-state index in [9.17, 15) is 0 Å². The Morgan fingerprint density at radius 2 is 2.08 bits per heavy atom. The standard InChI is InChI=1S/C19H28N6/c1-5-18-24-23-14-25(18)11-10-20-19(21-12-15(2)3)22-13-17-9-7-6-8-16(17)4/h6-9,14H,2,5,10-13H2,1,3-4H3,(H2,20,21,22). The van der Waals surface area contributed by atoms with Crippen LogP contribution in [0.25, 0.3) is 0 Å². The van der Waals surface area contributed by atoms with Crippen molar-refractivity contribution in [2.45, 2.75) is 40.3 Å². The van der Waals surface area contributed by atoms with Crippen LogP contribution in [0.2, 0.25) is 0 Å². The van der Waals surface area contributed by atoms with Gasteiger partial charge in [0.25, 0.3) is 0 Å². The molecule has 2 N–H and O–H groups in total. The van der Waals surface area contributed by atoms with Gasteiger partial charge < -0.3 is 15.2 Å². The summed E-state index contributed by atoms with van der Waals surface area (Å²) >= 11 is 0. The molecule has 2 aromatic rings. The first kappa shape index (κ1) is 18.7. The molecule has 6 nitrogen and oxygen atoms in total. The molecule has 1 aromatic carbocycles. The molecule has 0 radical (unpaired) electrons. The van der Waals surface area contributed by atoms with Gasteiger partial charge in [0.1, 0.15) is 12.2 Å². The SMILES string of the molecule is C=C(C)CNC(=NCc1ccccc1C)NCCn1cnnc1CC.